The lowest BCUT2D eigenvalue weighted by Gasteiger charge is -2.29. The molecule has 1 aliphatic carbocycles. The molecule has 1 saturated heterocycles. The molecule has 1 aromatic rings. The maximum absolute atomic E-state index is 8.81. The van der Waals surface area contributed by atoms with Crippen LogP contribution in [0.1, 0.15) is 30.4 Å². The highest BCUT2D eigenvalue weighted by Crippen LogP contribution is 2.35. The number of benzene rings is 1. The minimum atomic E-state index is 0.407. The molecule has 19 heavy (non-hydrogen) atoms. The van der Waals surface area contributed by atoms with E-state index in [-0.39, 0.29) is 0 Å². The number of likely N-dealkylation sites (tertiary alicyclic amines) is 1. The Hall–Kier alpha value is -1.37. The van der Waals surface area contributed by atoms with E-state index in [9.17, 15) is 0 Å². The van der Waals surface area contributed by atoms with Gasteiger partial charge in [0.1, 0.15) is 0 Å². The molecule has 1 heterocycles. The summed E-state index contributed by atoms with van der Waals surface area (Å²) in [6, 6.07) is 10.5. The monoisotopic (exact) mass is 255 g/mol. The van der Waals surface area contributed by atoms with Gasteiger partial charge in [-0.2, -0.15) is 5.26 Å². The molecule has 2 N–H and O–H groups in total. The second-order valence-electron chi connectivity index (χ2n) is 6.02. The van der Waals surface area contributed by atoms with Crippen LogP contribution in [0.25, 0.3) is 0 Å². The Kier molecular flexibility index (Phi) is 3.54. The second-order valence-corrected chi connectivity index (χ2v) is 6.02. The Morgan fingerprint density at radius 2 is 2.00 bits per heavy atom. The van der Waals surface area contributed by atoms with E-state index in [4.69, 9.17) is 11.0 Å². The third-order valence-corrected chi connectivity index (χ3v) is 4.72. The van der Waals surface area contributed by atoms with Crippen LogP contribution < -0.4 is 5.73 Å². The predicted octanol–water partition coefficient (Wildman–Crippen LogP) is 2.12. The molecule has 2 fully saturated rings. The first-order valence-corrected chi connectivity index (χ1v) is 7.23. The van der Waals surface area contributed by atoms with Crippen molar-refractivity contribution in [3.8, 4) is 6.07 Å². The summed E-state index contributed by atoms with van der Waals surface area (Å²) in [6.45, 7) is 3.33. The first kappa shape index (κ1) is 12.7. The van der Waals surface area contributed by atoms with Gasteiger partial charge in [-0.25, -0.2) is 0 Å². The van der Waals surface area contributed by atoms with E-state index >= 15 is 0 Å². The van der Waals surface area contributed by atoms with Crippen LogP contribution in [0.4, 0.5) is 0 Å². The van der Waals surface area contributed by atoms with Gasteiger partial charge in [0.15, 0.2) is 0 Å². The number of nitriles is 1. The smallest absolute Gasteiger partial charge is 0.0991 e. The van der Waals surface area contributed by atoms with Gasteiger partial charge >= 0.3 is 0 Å². The second kappa shape index (κ2) is 5.32. The zero-order chi connectivity index (χ0) is 13.2. The minimum Gasteiger partial charge on any atom is -0.327 e. The number of hydrogen-bond donors (Lipinski definition) is 1. The Morgan fingerprint density at radius 1 is 1.21 bits per heavy atom. The van der Waals surface area contributed by atoms with Crippen LogP contribution in [-0.4, -0.2) is 24.0 Å². The van der Waals surface area contributed by atoms with Crippen molar-refractivity contribution < 1.29 is 0 Å². The van der Waals surface area contributed by atoms with Gasteiger partial charge in [0.2, 0.25) is 0 Å². The van der Waals surface area contributed by atoms with Crippen molar-refractivity contribution in [2.75, 3.05) is 13.1 Å². The maximum Gasteiger partial charge on any atom is 0.0991 e. The molecular weight excluding hydrogens is 234 g/mol. The van der Waals surface area contributed by atoms with Crippen LogP contribution in [-0.2, 0) is 6.54 Å². The van der Waals surface area contributed by atoms with Crippen LogP contribution in [0.5, 0.6) is 0 Å². The number of rotatable bonds is 2. The number of fused-ring (bicyclic) bond motifs is 1. The molecule has 1 saturated carbocycles. The summed E-state index contributed by atoms with van der Waals surface area (Å²) in [5.41, 5.74) is 8.29. The Labute approximate surface area is 115 Å². The van der Waals surface area contributed by atoms with E-state index in [0.29, 0.717) is 12.0 Å². The lowest BCUT2D eigenvalue weighted by molar-refractivity contribution is 0.259. The molecule has 0 aromatic heterocycles. The van der Waals surface area contributed by atoms with Gasteiger partial charge in [-0.15, -0.1) is 0 Å². The molecule has 0 amide bonds. The van der Waals surface area contributed by atoms with Crippen LogP contribution in [0.3, 0.4) is 0 Å². The fourth-order valence-electron chi connectivity index (χ4n) is 3.68. The van der Waals surface area contributed by atoms with Crippen molar-refractivity contribution in [3.05, 3.63) is 35.4 Å². The molecule has 100 valence electrons. The average Bonchev–Trinajstić information content (AvgIpc) is 2.84. The van der Waals surface area contributed by atoms with Gasteiger partial charge in [0.25, 0.3) is 0 Å². The molecule has 3 unspecified atom stereocenters. The van der Waals surface area contributed by atoms with E-state index in [1.54, 1.807) is 0 Å². The third-order valence-electron chi connectivity index (χ3n) is 4.72. The van der Waals surface area contributed by atoms with E-state index in [0.717, 1.165) is 24.6 Å². The Bertz CT molecular complexity index is 474. The molecule has 3 rings (SSSR count). The van der Waals surface area contributed by atoms with E-state index in [1.165, 1.54) is 31.4 Å². The summed E-state index contributed by atoms with van der Waals surface area (Å²) < 4.78 is 0. The first-order chi connectivity index (χ1) is 9.26. The van der Waals surface area contributed by atoms with Crippen LogP contribution in [0, 0.1) is 23.2 Å². The van der Waals surface area contributed by atoms with Crippen molar-refractivity contribution in [2.24, 2.45) is 17.6 Å². The lowest BCUT2D eigenvalue weighted by Crippen LogP contribution is -2.38. The van der Waals surface area contributed by atoms with E-state index in [2.05, 4.69) is 23.1 Å². The van der Waals surface area contributed by atoms with E-state index in [1.807, 2.05) is 12.1 Å². The average molecular weight is 255 g/mol. The van der Waals surface area contributed by atoms with Gasteiger partial charge < -0.3 is 5.73 Å². The molecule has 3 atom stereocenters. The molecule has 3 nitrogen and oxygen atoms in total. The number of nitrogens with two attached hydrogens (primary N) is 1. The third kappa shape index (κ3) is 2.65. The maximum atomic E-state index is 8.81. The number of nitrogens with zero attached hydrogens (tertiary/aromatic N) is 2. The van der Waals surface area contributed by atoms with Gasteiger partial charge in [-0.1, -0.05) is 18.6 Å². The first-order valence-electron chi connectivity index (χ1n) is 7.23. The van der Waals surface area contributed by atoms with Crippen molar-refractivity contribution in [3.63, 3.8) is 0 Å². The van der Waals surface area contributed by atoms with Crippen molar-refractivity contribution in [1.29, 1.82) is 5.26 Å². The molecule has 0 bridgehead atoms. The zero-order valence-corrected chi connectivity index (χ0v) is 11.3. The highest BCUT2D eigenvalue weighted by atomic mass is 15.2. The highest BCUT2D eigenvalue weighted by Gasteiger charge is 2.38. The summed E-state index contributed by atoms with van der Waals surface area (Å²) in [6.07, 6.45) is 3.85. The fraction of sp³-hybridized carbons (Fsp3) is 0.562. The molecule has 1 aliphatic heterocycles. The van der Waals surface area contributed by atoms with Crippen molar-refractivity contribution in [2.45, 2.75) is 31.8 Å². The topological polar surface area (TPSA) is 53.0 Å². The normalized spacial score (nSPS) is 30.8. The quantitative estimate of drug-likeness (QED) is 0.880. The van der Waals surface area contributed by atoms with Gasteiger partial charge in [-0.05, 0) is 42.4 Å². The van der Waals surface area contributed by atoms with Gasteiger partial charge in [0.05, 0.1) is 11.6 Å². The number of hydrogen-bond acceptors (Lipinski definition) is 3. The summed E-state index contributed by atoms with van der Waals surface area (Å²) >= 11 is 0. The van der Waals surface area contributed by atoms with Crippen molar-refractivity contribution in [1.82, 2.24) is 4.90 Å². The summed E-state index contributed by atoms with van der Waals surface area (Å²) in [5, 5.41) is 8.81. The molecule has 2 aliphatic rings. The van der Waals surface area contributed by atoms with E-state index < -0.39 is 0 Å². The van der Waals surface area contributed by atoms with Gasteiger partial charge in [-0.3, -0.25) is 4.90 Å². The molecule has 3 heteroatoms. The predicted molar refractivity (Wildman–Crippen MR) is 75.2 cm³/mol. The van der Waals surface area contributed by atoms with Gasteiger partial charge in [0, 0.05) is 25.7 Å². The minimum absolute atomic E-state index is 0.407. The van der Waals surface area contributed by atoms with Crippen LogP contribution in [0.15, 0.2) is 24.3 Å². The summed E-state index contributed by atoms with van der Waals surface area (Å²) in [5.74, 6) is 1.51. The van der Waals surface area contributed by atoms with Crippen LogP contribution >= 0.6 is 0 Å². The lowest BCUT2D eigenvalue weighted by atomic mass is 9.78. The Morgan fingerprint density at radius 3 is 2.68 bits per heavy atom. The molecule has 0 spiro atoms. The molecular formula is C16H21N3. The standard InChI is InChI=1S/C16H21N3/c17-8-12-4-6-13(7-5-12)9-19-10-14-2-1-3-16(18)15(14)11-19/h4-7,14-16H,1-3,9-11,18H2. The molecule has 1 aromatic carbocycles. The zero-order valence-electron chi connectivity index (χ0n) is 11.3. The largest absolute Gasteiger partial charge is 0.327 e. The molecule has 0 radical (unpaired) electrons. The highest BCUT2D eigenvalue weighted by molar-refractivity contribution is 5.31. The summed E-state index contributed by atoms with van der Waals surface area (Å²) in [4.78, 5) is 2.53. The van der Waals surface area contributed by atoms with Crippen LogP contribution in [0.2, 0.25) is 0 Å². The summed E-state index contributed by atoms with van der Waals surface area (Å²) in [7, 11) is 0. The van der Waals surface area contributed by atoms with Crippen molar-refractivity contribution >= 4 is 0 Å². The SMILES string of the molecule is N#Cc1ccc(CN2CC3CCCC(N)C3C2)cc1. The fourth-order valence-corrected chi connectivity index (χ4v) is 3.68. The Balaban J connectivity index is 1.63.